The molecule has 0 N–H and O–H groups in total. The zero-order chi connectivity index (χ0) is 13.5. The fraction of sp³-hybridized carbons (Fsp3) is 0.643. The fourth-order valence-corrected chi connectivity index (χ4v) is 2.07. The third-order valence-electron chi connectivity index (χ3n) is 3.24. The Bertz CT molecular complexity index is 371. The molecule has 0 amide bonds. The Balaban J connectivity index is 3.04. The van der Waals surface area contributed by atoms with Gasteiger partial charge in [0.15, 0.2) is 11.6 Å². The van der Waals surface area contributed by atoms with Crippen molar-refractivity contribution in [2.45, 2.75) is 52.0 Å². The van der Waals surface area contributed by atoms with Crippen LogP contribution in [-0.2, 0) is 5.88 Å². The first-order valence-electron chi connectivity index (χ1n) is 6.61. The van der Waals surface area contributed by atoms with Crippen LogP contribution < -0.4 is 4.90 Å². The molecule has 0 fully saturated rings. The van der Waals surface area contributed by atoms with Gasteiger partial charge >= 0.3 is 0 Å². The van der Waals surface area contributed by atoms with E-state index in [0.29, 0.717) is 11.4 Å². The second-order valence-electron chi connectivity index (χ2n) is 4.55. The summed E-state index contributed by atoms with van der Waals surface area (Å²) in [4.78, 5) is 6.25. The van der Waals surface area contributed by atoms with Gasteiger partial charge in [-0.3, -0.25) is 0 Å². The van der Waals surface area contributed by atoms with Gasteiger partial charge in [0.05, 0.1) is 5.88 Å². The highest BCUT2D eigenvalue weighted by atomic mass is 35.5. The quantitative estimate of drug-likeness (QED) is 0.686. The van der Waals surface area contributed by atoms with Gasteiger partial charge in [-0.15, -0.1) is 11.6 Å². The molecule has 0 aromatic carbocycles. The number of aromatic nitrogens is 1. The number of halogens is 2. The van der Waals surface area contributed by atoms with Crippen LogP contribution in [0, 0.1) is 5.82 Å². The minimum Gasteiger partial charge on any atom is -0.351 e. The summed E-state index contributed by atoms with van der Waals surface area (Å²) in [5.41, 5.74) is 0.520. The molecule has 1 aromatic heterocycles. The highest BCUT2D eigenvalue weighted by Crippen LogP contribution is 2.23. The summed E-state index contributed by atoms with van der Waals surface area (Å²) in [6, 6.07) is 1.92. The Morgan fingerprint density at radius 2 is 2.17 bits per heavy atom. The van der Waals surface area contributed by atoms with Gasteiger partial charge in [-0.2, -0.15) is 0 Å². The van der Waals surface area contributed by atoms with Gasteiger partial charge in [0.25, 0.3) is 0 Å². The molecular weight excluding hydrogens is 251 g/mol. The number of anilines is 1. The first-order chi connectivity index (χ1) is 8.65. The van der Waals surface area contributed by atoms with E-state index in [1.807, 2.05) is 0 Å². The number of nitrogens with zero attached hydrogens (tertiary/aromatic N) is 2. The van der Waals surface area contributed by atoms with Crippen molar-refractivity contribution < 1.29 is 4.39 Å². The lowest BCUT2D eigenvalue weighted by atomic mass is 10.1. The Morgan fingerprint density at radius 3 is 2.72 bits per heavy atom. The molecule has 0 spiro atoms. The zero-order valence-electron chi connectivity index (χ0n) is 11.4. The maximum atomic E-state index is 14.3. The van der Waals surface area contributed by atoms with Gasteiger partial charge in [-0.1, -0.05) is 20.3 Å². The van der Waals surface area contributed by atoms with Crippen LogP contribution in [-0.4, -0.2) is 17.6 Å². The van der Waals surface area contributed by atoms with Gasteiger partial charge in [0.1, 0.15) is 0 Å². The molecule has 1 atom stereocenters. The molecule has 1 rings (SSSR count). The molecule has 2 nitrogen and oxygen atoms in total. The lowest BCUT2D eigenvalue weighted by molar-refractivity contribution is 0.551. The second kappa shape index (κ2) is 7.57. The van der Waals surface area contributed by atoms with Crippen LogP contribution in [0.3, 0.4) is 0 Å². The van der Waals surface area contributed by atoms with E-state index < -0.39 is 0 Å². The minimum atomic E-state index is -0.274. The number of rotatable bonds is 7. The Morgan fingerprint density at radius 1 is 1.44 bits per heavy atom. The van der Waals surface area contributed by atoms with Gasteiger partial charge in [-0.05, 0) is 25.8 Å². The van der Waals surface area contributed by atoms with Gasteiger partial charge in [-0.25, -0.2) is 9.37 Å². The summed E-state index contributed by atoms with van der Waals surface area (Å²) in [5, 5.41) is 0. The summed E-state index contributed by atoms with van der Waals surface area (Å²) < 4.78 is 14.3. The highest BCUT2D eigenvalue weighted by Gasteiger charge is 2.19. The summed E-state index contributed by atoms with van der Waals surface area (Å²) in [7, 11) is 0. The lowest BCUT2D eigenvalue weighted by Crippen LogP contribution is -2.35. The second-order valence-corrected chi connectivity index (χ2v) is 4.81. The fourth-order valence-electron chi connectivity index (χ4n) is 1.86. The Kier molecular flexibility index (Phi) is 6.41. The topological polar surface area (TPSA) is 16.1 Å². The van der Waals surface area contributed by atoms with Crippen molar-refractivity contribution in [3.8, 4) is 0 Å². The van der Waals surface area contributed by atoms with Crippen LogP contribution in [0.5, 0.6) is 0 Å². The van der Waals surface area contributed by atoms with Crippen molar-refractivity contribution in [1.82, 2.24) is 4.98 Å². The van der Waals surface area contributed by atoms with Crippen molar-refractivity contribution in [1.29, 1.82) is 0 Å². The molecule has 0 saturated heterocycles. The zero-order valence-corrected chi connectivity index (χ0v) is 12.2. The number of pyridine rings is 1. The van der Waals surface area contributed by atoms with Crippen molar-refractivity contribution in [3.05, 3.63) is 23.6 Å². The third-order valence-corrected chi connectivity index (χ3v) is 3.53. The number of alkyl halides is 1. The molecule has 18 heavy (non-hydrogen) atoms. The van der Waals surface area contributed by atoms with Crippen LogP contribution in [0.4, 0.5) is 10.2 Å². The van der Waals surface area contributed by atoms with Crippen molar-refractivity contribution in [2.75, 3.05) is 11.4 Å². The number of unbranched alkanes of at least 4 members (excludes halogenated alkanes) is 1. The number of hydrogen-bond acceptors (Lipinski definition) is 2. The van der Waals surface area contributed by atoms with Crippen molar-refractivity contribution >= 4 is 17.4 Å². The van der Waals surface area contributed by atoms with E-state index in [-0.39, 0.29) is 17.7 Å². The average molecular weight is 273 g/mol. The molecule has 0 bridgehead atoms. The first-order valence-corrected chi connectivity index (χ1v) is 7.15. The van der Waals surface area contributed by atoms with E-state index in [0.717, 1.165) is 25.8 Å². The van der Waals surface area contributed by atoms with Crippen LogP contribution in [0.25, 0.3) is 0 Å². The Labute approximate surface area is 114 Å². The van der Waals surface area contributed by atoms with E-state index in [1.165, 1.54) is 0 Å². The van der Waals surface area contributed by atoms with E-state index in [4.69, 9.17) is 11.6 Å². The SMILES string of the molecule is CCCCN(c1nccc(CCl)c1F)C(C)CC. The molecule has 0 aliphatic rings. The van der Waals surface area contributed by atoms with Crippen LogP contribution in [0.15, 0.2) is 12.3 Å². The van der Waals surface area contributed by atoms with E-state index in [2.05, 4.69) is 30.7 Å². The van der Waals surface area contributed by atoms with E-state index in [1.54, 1.807) is 12.3 Å². The number of hydrogen-bond donors (Lipinski definition) is 0. The molecular formula is C14H22ClFN2. The summed E-state index contributed by atoms with van der Waals surface area (Å²) >= 11 is 5.74. The third kappa shape index (κ3) is 3.58. The van der Waals surface area contributed by atoms with E-state index in [9.17, 15) is 4.39 Å². The summed E-state index contributed by atoms with van der Waals surface area (Å²) in [5.74, 6) is 0.351. The maximum Gasteiger partial charge on any atom is 0.170 e. The van der Waals surface area contributed by atoms with Crippen molar-refractivity contribution in [2.24, 2.45) is 0 Å². The highest BCUT2D eigenvalue weighted by molar-refractivity contribution is 6.17. The summed E-state index contributed by atoms with van der Waals surface area (Å²) in [6.45, 7) is 7.17. The normalized spacial score (nSPS) is 12.5. The predicted molar refractivity (Wildman–Crippen MR) is 75.8 cm³/mol. The van der Waals surface area contributed by atoms with Crippen LogP contribution in [0.1, 0.15) is 45.6 Å². The monoisotopic (exact) mass is 272 g/mol. The molecule has 0 aliphatic carbocycles. The molecule has 1 heterocycles. The molecule has 1 aromatic rings. The smallest absolute Gasteiger partial charge is 0.170 e. The summed E-state index contributed by atoms with van der Waals surface area (Å²) in [6.07, 6.45) is 4.73. The molecule has 102 valence electrons. The lowest BCUT2D eigenvalue weighted by Gasteiger charge is -2.30. The molecule has 0 aliphatic heterocycles. The molecule has 0 radical (unpaired) electrons. The molecule has 4 heteroatoms. The van der Waals surface area contributed by atoms with Gasteiger partial charge in [0, 0.05) is 24.3 Å². The van der Waals surface area contributed by atoms with E-state index >= 15 is 0 Å². The standard InChI is InChI=1S/C14H22ClFN2/c1-4-6-9-18(11(3)5-2)14-13(16)12(10-15)7-8-17-14/h7-8,11H,4-6,9-10H2,1-3H3. The van der Waals surface area contributed by atoms with Crippen LogP contribution >= 0.6 is 11.6 Å². The van der Waals surface area contributed by atoms with Crippen molar-refractivity contribution in [3.63, 3.8) is 0 Å². The average Bonchev–Trinajstić information content (AvgIpc) is 2.40. The predicted octanol–water partition coefficient (Wildman–Crippen LogP) is 4.36. The first kappa shape index (κ1) is 15.2. The van der Waals surface area contributed by atoms with Crippen LogP contribution in [0.2, 0.25) is 0 Å². The minimum absolute atomic E-state index is 0.184. The molecule has 1 unspecified atom stereocenters. The largest absolute Gasteiger partial charge is 0.351 e. The Hall–Kier alpha value is -0.830. The molecule has 0 saturated carbocycles. The maximum absolute atomic E-state index is 14.3. The van der Waals surface area contributed by atoms with Gasteiger partial charge < -0.3 is 4.90 Å². The van der Waals surface area contributed by atoms with Gasteiger partial charge in [0.2, 0.25) is 0 Å².